The van der Waals surface area contributed by atoms with E-state index < -0.39 is 5.97 Å². The van der Waals surface area contributed by atoms with Crippen molar-refractivity contribution < 1.29 is 14.6 Å². The van der Waals surface area contributed by atoms with Crippen molar-refractivity contribution in [1.82, 2.24) is 4.90 Å². The molecule has 1 fully saturated rings. The van der Waals surface area contributed by atoms with Crippen molar-refractivity contribution in [3.63, 3.8) is 0 Å². The predicted molar refractivity (Wildman–Crippen MR) is 78.3 cm³/mol. The van der Waals surface area contributed by atoms with E-state index in [4.69, 9.17) is 21.4 Å². The van der Waals surface area contributed by atoms with Gasteiger partial charge in [0.1, 0.15) is 0 Å². The van der Waals surface area contributed by atoms with Gasteiger partial charge in [-0.2, -0.15) is 0 Å². The highest BCUT2D eigenvalue weighted by atomic mass is 35.5. The molecule has 1 aromatic rings. The second-order valence-corrected chi connectivity index (χ2v) is 5.47. The summed E-state index contributed by atoms with van der Waals surface area (Å²) in [7, 11) is 0. The molecule has 0 aromatic heterocycles. The number of hydrogen-bond donors (Lipinski definition) is 1. The van der Waals surface area contributed by atoms with Crippen LogP contribution in [0.1, 0.15) is 35.7 Å². The predicted octanol–water partition coefficient (Wildman–Crippen LogP) is 3.04. The number of aromatic carboxylic acids is 1. The molecule has 1 aliphatic rings. The van der Waals surface area contributed by atoms with E-state index in [0.717, 1.165) is 44.6 Å². The summed E-state index contributed by atoms with van der Waals surface area (Å²) in [6, 6.07) is 4.92. The fourth-order valence-electron chi connectivity index (χ4n) is 2.58. The van der Waals surface area contributed by atoms with Gasteiger partial charge in [-0.05, 0) is 44.0 Å². The van der Waals surface area contributed by atoms with Gasteiger partial charge < -0.3 is 9.84 Å². The molecule has 0 amide bonds. The second kappa shape index (κ2) is 7.07. The lowest BCUT2D eigenvalue weighted by Crippen LogP contribution is -2.39. The van der Waals surface area contributed by atoms with Crippen LogP contribution in [0.3, 0.4) is 0 Å². The SMILES string of the molecule is CCOC1CCCN(Cc2ccc(C(=O)O)cc2Cl)C1. The molecule has 4 nitrogen and oxygen atoms in total. The second-order valence-electron chi connectivity index (χ2n) is 5.07. The number of halogens is 1. The van der Waals surface area contributed by atoms with Crippen LogP contribution in [0.4, 0.5) is 0 Å². The molecule has 2 rings (SSSR count). The standard InChI is InChI=1S/C15H20ClNO3/c1-2-20-13-4-3-7-17(10-13)9-12-6-5-11(15(18)19)8-14(12)16/h5-6,8,13H,2-4,7,9-10H2,1H3,(H,18,19). The van der Waals surface area contributed by atoms with Gasteiger partial charge in [0, 0.05) is 24.7 Å². The Morgan fingerprint density at radius 2 is 2.35 bits per heavy atom. The van der Waals surface area contributed by atoms with Crippen molar-refractivity contribution in [2.75, 3.05) is 19.7 Å². The lowest BCUT2D eigenvalue weighted by molar-refractivity contribution is 0.00364. The van der Waals surface area contributed by atoms with Crippen LogP contribution in [0.5, 0.6) is 0 Å². The Hall–Kier alpha value is -1.10. The summed E-state index contributed by atoms with van der Waals surface area (Å²) in [5, 5.41) is 9.45. The zero-order valence-corrected chi connectivity index (χ0v) is 12.4. The van der Waals surface area contributed by atoms with E-state index >= 15 is 0 Å². The highest BCUT2D eigenvalue weighted by Crippen LogP contribution is 2.22. The molecule has 20 heavy (non-hydrogen) atoms. The minimum Gasteiger partial charge on any atom is -0.478 e. The van der Waals surface area contributed by atoms with E-state index in [1.807, 2.05) is 6.92 Å². The maximum Gasteiger partial charge on any atom is 0.335 e. The van der Waals surface area contributed by atoms with Gasteiger partial charge in [0.15, 0.2) is 0 Å². The number of nitrogens with zero attached hydrogens (tertiary/aromatic N) is 1. The van der Waals surface area contributed by atoms with Crippen LogP contribution in [-0.2, 0) is 11.3 Å². The largest absolute Gasteiger partial charge is 0.478 e. The average molecular weight is 298 g/mol. The van der Waals surface area contributed by atoms with Crippen LogP contribution in [0.15, 0.2) is 18.2 Å². The van der Waals surface area contributed by atoms with Crippen LogP contribution in [0.2, 0.25) is 5.02 Å². The van der Waals surface area contributed by atoms with Gasteiger partial charge in [-0.15, -0.1) is 0 Å². The molecule has 1 atom stereocenters. The number of ether oxygens (including phenoxy) is 1. The summed E-state index contributed by atoms with van der Waals surface area (Å²) in [6.45, 7) is 5.43. The molecular weight excluding hydrogens is 278 g/mol. The zero-order chi connectivity index (χ0) is 14.5. The molecule has 0 spiro atoms. The highest BCUT2D eigenvalue weighted by molar-refractivity contribution is 6.31. The lowest BCUT2D eigenvalue weighted by atomic mass is 10.1. The number of carbonyl (C=O) groups is 1. The van der Waals surface area contributed by atoms with Gasteiger partial charge in [0.05, 0.1) is 11.7 Å². The number of piperidine rings is 1. The van der Waals surface area contributed by atoms with Gasteiger partial charge in [0.2, 0.25) is 0 Å². The summed E-state index contributed by atoms with van der Waals surface area (Å²) < 4.78 is 5.68. The molecule has 110 valence electrons. The fourth-order valence-corrected chi connectivity index (χ4v) is 2.82. The van der Waals surface area contributed by atoms with Crippen molar-refractivity contribution in [2.24, 2.45) is 0 Å². The van der Waals surface area contributed by atoms with E-state index in [9.17, 15) is 4.79 Å². The number of rotatable bonds is 5. The summed E-state index contributed by atoms with van der Waals surface area (Å²) >= 11 is 6.17. The van der Waals surface area contributed by atoms with E-state index in [0.29, 0.717) is 11.1 Å². The third kappa shape index (κ3) is 3.95. The smallest absolute Gasteiger partial charge is 0.335 e. The van der Waals surface area contributed by atoms with E-state index in [1.165, 1.54) is 6.07 Å². The van der Waals surface area contributed by atoms with Crippen molar-refractivity contribution in [3.8, 4) is 0 Å². The van der Waals surface area contributed by atoms with Crippen molar-refractivity contribution in [1.29, 1.82) is 0 Å². The van der Waals surface area contributed by atoms with Crippen molar-refractivity contribution >= 4 is 17.6 Å². The Balaban J connectivity index is 2.00. The van der Waals surface area contributed by atoms with Gasteiger partial charge in [-0.25, -0.2) is 4.79 Å². The first kappa shape index (κ1) is 15.3. The van der Waals surface area contributed by atoms with Gasteiger partial charge in [-0.1, -0.05) is 17.7 Å². The molecule has 1 unspecified atom stereocenters. The number of carboxylic acid groups (broad SMARTS) is 1. The lowest BCUT2D eigenvalue weighted by Gasteiger charge is -2.32. The van der Waals surface area contributed by atoms with E-state index in [2.05, 4.69) is 4.90 Å². The Labute approximate surface area is 124 Å². The molecule has 1 heterocycles. The minimum absolute atomic E-state index is 0.226. The van der Waals surface area contributed by atoms with Crippen molar-refractivity contribution in [3.05, 3.63) is 34.3 Å². The molecule has 0 radical (unpaired) electrons. The van der Waals surface area contributed by atoms with Crippen LogP contribution >= 0.6 is 11.6 Å². The molecule has 5 heteroatoms. The number of likely N-dealkylation sites (tertiary alicyclic amines) is 1. The Morgan fingerprint density at radius 1 is 1.55 bits per heavy atom. The van der Waals surface area contributed by atoms with Gasteiger partial charge in [-0.3, -0.25) is 4.90 Å². The van der Waals surface area contributed by atoms with Gasteiger partial charge >= 0.3 is 5.97 Å². The Kier molecular flexibility index (Phi) is 5.40. The van der Waals surface area contributed by atoms with E-state index in [1.54, 1.807) is 12.1 Å². The molecule has 0 bridgehead atoms. The molecule has 1 aromatic carbocycles. The maximum atomic E-state index is 10.9. The molecule has 1 N–H and O–H groups in total. The Bertz CT molecular complexity index is 476. The normalized spacial score (nSPS) is 20.0. The average Bonchev–Trinajstić information content (AvgIpc) is 2.42. The molecular formula is C15H20ClNO3. The van der Waals surface area contributed by atoms with Crippen LogP contribution in [0.25, 0.3) is 0 Å². The van der Waals surface area contributed by atoms with Crippen LogP contribution in [-0.4, -0.2) is 41.8 Å². The minimum atomic E-state index is -0.951. The number of carboxylic acids is 1. The van der Waals surface area contributed by atoms with Crippen LogP contribution < -0.4 is 0 Å². The third-order valence-electron chi connectivity index (χ3n) is 3.56. The molecule has 1 aliphatic heterocycles. The summed E-state index contributed by atoms with van der Waals surface area (Å²) in [5.41, 5.74) is 1.19. The molecule has 1 saturated heterocycles. The zero-order valence-electron chi connectivity index (χ0n) is 11.6. The van der Waals surface area contributed by atoms with Gasteiger partial charge in [0.25, 0.3) is 0 Å². The molecule has 0 aliphatic carbocycles. The molecule has 0 saturated carbocycles. The van der Waals surface area contributed by atoms with E-state index in [-0.39, 0.29) is 5.56 Å². The first-order chi connectivity index (χ1) is 9.60. The Morgan fingerprint density at radius 3 is 3.00 bits per heavy atom. The number of benzene rings is 1. The quantitative estimate of drug-likeness (QED) is 0.907. The number of hydrogen-bond acceptors (Lipinski definition) is 3. The highest BCUT2D eigenvalue weighted by Gasteiger charge is 2.20. The topological polar surface area (TPSA) is 49.8 Å². The first-order valence-electron chi connectivity index (χ1n) is 6.95. The summed E-state index contributed by atoms with van der Waals surface area (Å²) in [6.07, 6.45) is 2.52. The monoisotopic (exact) mass is 297 g/mol. The maximum absolute atomic E-state index is 10.9. The summed E-state index contributed by atoms with van der Waals surface area (Å²) in [5.74, 6) is -0.951. The van der Waals surface area contributed by atoms with Crippen molar-refractivity contribution in [2.45, 2.75) is 32.4 Å². The third-order valence-corrected chi connectivity index (χ3v) is 3.91. The van der Waals surface area contributed by atoms with Crippen LogP contribution in [0, 0.1) is 0 Å². The fraction of sp³-hybridized carbons (Fsp3) is 0.533. The first-order valence-corrected chi connectivity index (χ1v) is 7.33. The summed E-state index contributed by atoms with van der Waals surface area (Å²) in [4.78, 5) is 13.2.